The zero-order valence-corrected chi connectivity index (χ0v) is 14.2. The lowest BCUT2D eigenvalue weighted by Crippen LogP contribution is -2.48. The summed E-state index contributed by atoms with van der Waals surface area (Å²) in [6.45, 7) is 2.68. The van der Waals surface area contributed by atoms with Crippen LogP contribution >= 0.6 is 0 Å². The smallest absolute Gasteiger partial charge is 0.243 e. The lowest BCUT2D eigenvalue weighted by molar-refractivity contribution is 0.250. The molecule has 2 unspecified atom stereocenters. The highest BCUT2D eigenvalue weighted by atomic mass is 32.2. The second kappa shape index (κ2) is 6.25. The maximum Gasteiger partial charge on any atom is 0.243 e. The van der Waals surface area contributed by atoms with Crippen LogP contribution in [0, 0.1) is 5.92 Å². The fourth-order valence-corrected chi connectivity index (χ4v) is 4.69. The highest BCUT2D eigenvalue weighted by Crippen LogP contribution is 2.23. The molecule has 1 aliphatic heterocycles. The van der Waals surface area contributed by atoms with Gasteiger partial charge in [0.1, 0.15) is 0 Å². The molecule has 1 aromatic rings. The van der Waals surface area contributed by atoms with Crippen molar-refractivity contribution < 1.29 is 16.8 Å². The minimum atomic E-state index is -3.62. The average Bonchev–Trinajstić information content (AvgIpc) is 2.50. The Morgan fingerprint density at radius 1 is 1.14 bits per heavy atom. The normalized spacial score (nSPS) is 24.3. The van der Waals surface area contributed by atoms with E-state index in [1.54, 1.807) is 0 Å². The summed E-state index contributed by atoms with van der Waals surface area (Å²) in [5.74, 6) is 0.0902. The molecule has 22 heavy (non-hydrogen) atoms. The van der Waals surface area contributed by atoms with Crippen molar-refractivity contribution in [3.8, 4) is 0 Å². The molecule has 0 saturated carbocycles. The second-order valence-electron chi connectivity index (χ2n) is 5.47. The summed E-state index contributed by atoms with van der Waals surface area (Å²) in [6.07, 6.45) is 0.618. The molecule has 7 nitrogen and oxygen atoms in total. The van der Waals surface area contributed by atoms with Crippen LogP contribution in [0.1, 0.15) is 13.3 Å². The van der Waals surface area contributed by atoms with Gasteiger partial charge in [0, 0.05) is 19.1 Å². The molecule has 2 rings (SSSR count). The van der Waals surface area contributed by atoms with Crippen LogP contribution in [0.4, 0.5) is 0 Å². The van der Waals surface area contributed by atoms with Crippen LogP contribution in [0.5, 0.6) is 0 Å². The molecule has 0 spiro atoms. The van der Waals surface area contributed by atoms with E-state index >= 15 is 0 Å². The summed E-state index contributed by atoms with van der Waals surface area (Å²) in [7, 11) is -5.90. The largest absolute Gasteiger partial charge is 0.327 e. The van der Waals surface area contributed by atoms with Gasteiger partial charge in [-0.05, 0) is 43.7 Å². The summed E-state index contributed by atoms with van der Waals surface area (Å²) >= 11 is 0. The summed E-state index contributed by atoms with van der Waals surface area (Å²) in [5.41, 5.74) is 5.91. The third-order valence-corrected chi connectivity index (χ3v) is 7.28. The lowest BCUT2D eigenvalue weighted by Gasteiger charge is -2.34. The number of hydrogen-bond donors (Lipinski definition) is 2. The maximum absolute atomic E-state index is 12.6. The van der Waals surface area contributed by atoms with Gasteiger partial charge in [0.15, 0.2) is 0 Å². The summed E-state index contributed by atoms with van der Waals surface area (Å²) < 4.78 is 52.1. The summed E-state index contributed by atoms with van der Waals surface area (Å²) in [5, 5.41) is 0. The van der Waals surface area contributed by atoms with Crippen molar-refractivity contribution in [2.24, 2.45) is 11.7 Å². The van der Waals surface area contributed by atoms with Gasteiger partial charge < -0.3 is 5.73 Å². The number of rotatable bonds is 4. The fourth-order valence-electron chi connectivity index (χ4n) is 2.40. The van der Waals surface area contributed by atoms with Crippen LogP contribution in [0.25, 0.3) is 0 Å². The van der Waals surface area contributed by atoms with E-state index in [0.29, 0.717) is 19.5 Å². The molecular formula is C13H21N3O4S2. The van der Waals surface area contributed by atoms with Crippen LogP contribution in [0.2, 0.25) is 0 Å². The Kier molecular flexibility index (Phi) is 4.93. The molecule has 0 radical (unpaired) electrons. The zero-order valence-electron chi connectivity index (χ0n) is 12.6. The molecule has 1 saturated heterocycles. The number of nitrogens with two attached hydrogens (primary N) is 1. The predicted molar refractivity (Wildman–Crippen MR) is 83.2 cm³/mol. The molecule has 0 amide bonds. The van der Waals surface area contributed by atoms with Gasteiger partial charge in [0.25, 0.3) is 0 Å². The van der Waals surface area contributed by atoms with E-state index in [1.165, 1.54) is 35.6 Å². The molecule has 1 heterocycles. The highest BCUT2D eigenvalue weighted by molar-refractivity contribution is 7.89. The van der Waals surface area contributed by atoms with E-state index in [1.807, 2.05) is 6.92 Å². The molecule has 9 heteroatoms. The van der Waals surface area contributed by atoms with E-state index in [2.05, 4.69) is 4.72 Å². The Labute approximate surface area is 131 Å². The standard InChI is InChI=1S/C13H21N3O4S2/c1-10-9-16(8-7-13(10)14)22(19,20)12-5-3-11(4-6-12)21(17,18)15-2/h3-6,10,13,15H,7-9,14H2,1-2H3. The van der Waals surface area contributed by atoms with Gasteiger partial charge in [0.2, 0.25) is 20.0 Å². The Balaban J connectivity index is 2.27. The van der Waals surface area contributed by atoms with Crippen molar-refractivity contribution in [2.45, 2.75) is 29.2 Å². The van der Waals surface area contributed by atoms with Gasteiger partial charge in [-0.2, -0.15) is 4.31 Å². The molecule has 1 aliphatic rings. The molecule has 0 bridgehead atoms. The van der Waals surface area contributed by atoms with Gasteiger partial charge in [-0.25, -0.2) is 21.6 Å². The number of nitrogens with zero attached hydrogens (tertiary/aromatic N) is 1. The quantitative estimate of drug-likeness (QED) is 0.794. The number of benzene rings is 1. The van der Waals surface area contributed by atoms with E-state index in [4.69, 9.17) is 5.73 Å². The van der Waals surface area contributed by atoms with Crippen LogP contribution in [0.3, 0.4) is 0 Å². The van der Waals surface area contributed by atoms with E-state index < -0.39 is 20.0 Å². The van der Waals surface area contributed by atoms with Gasteiger partial charge in [-0.15, -0.1) is 0 Å². The zero-order chi connectivity index (χ0) is 16.5. The maximum atomic E-state index is 12.6. The van der Waals surface area contributed by atoms with Crippen LogP contribution in [-0.4, -0.2) is 47.3 Å². The first kappa shape index (κ1) is 17.4. The summed E-state index contributed by atoms with van der Waals surface area (Å²) in [4.78, 5) is 0.119. The SMILES string of the molecule is CNS(=O)(=O)c1ccc(S(=O)(=O)N2CCC(N)C(C)C2)cc1. The first-order chi connectivity index (χ1) is 10.2. The monoisotopic (exact) mass is 347 g/mol. The molecular weight excluding hydrogens is 326 g/mol. The summed E-state index contributed by atoms with van der Waals surface area (Å²) in [6, 6.07) is 5.22. The number of piperidine rings is 1. The van der Waals surface area contributed by atoms with Gasteiger partial charge in [-0.3, -0.25) is 0 Å². The predicted octanol–water partition coefficient (Wildman–Crippen LogP) is -0.0475. The van der Waals surface area contributed by atoms with Crippen molar-refractivity contribution in [1.82, 2.24) is 9.03 Å². The van der Waals surface area contributed by atoms with Crippen molar-refractivity contribution in [1.29, 1.82) is 0 Å². The first-order valence-electron chi connectivity index (χ1n) is 6.98. The minimum Gasteiger partial charge on any atom is -0.327 e. The van der Waals surface area contributed by atoms with Crippen molar-refractivity contribution in [3.63, 3.8) is 0 Å². The average molecular weight is 347 g/mol. The number of sulfonamides is 2. The fraction of sp³-hybridized carbons (Fsp3) is 0.538. The van der Waals surface area contributed by atoms with Gasteiger partial charge >= 0.3 is 0 Å². The molecule has 1 fully saturated rings. The Morgan fingerprint density at radius 2 is 1.68 bits per heavy atom. The molecule has 3 N–H and O–H groups in total. The topological polar surface area (TPSA) is 110 Å². The molecule has 2 atom stereocenters. The van der Waals surface area contributed by atoms with Crippen molar-refractivity contribution in [2.75, 3.05) is 20.1 Å². The van der Waals surface area contributed by atoms with Gasteiger partial charge in [-0.1, -0.05) is 6.92 Å². The Hall–Kier alpha value is -1.00. The minimum absolute atomic E-state index is 0.00889. The molecule has 124 valence electrons. The molecule has 1 aromatic carbocycles. The first-order valence-corrected chi connectivity index (χ1v) is 9.90. The highest BCUT2D eigenvalue weighted by Gasteiger charge is 2.32. The van der Waals surface area contributed by atoms with E-state index in [-0.39, 0.29) is 21.8 Å². The van der Waals surface area contributed by atoms with Crippen molar-refractivity contribution >= 4 is 20.0 Å². The van der Waals surface area contributed by atoms with E-state index in [0.717, 1.165) is 0 Å². The third kappa shape index (κ3) is 3.33. The van der Waals surface area contributed by atoms with Crippen molar-refractivity contribution in [3.05, 3.63) is 24.3 Å². The lowest BCUT2D eigenvalue weighted by atomic mass is 9.96. The number of hydrogen-bond acceptors (Lipinski definition) is 5. The third-order valence-electron chi connectivity index (χ3n) is 3.97. The molecule has 0 aromatic heterocycles. The van der Waals surface area contributed by atoms with Gasteiger partial charge in [0.05, 0.1) is 9.79 Å². The van der Waals surface area contributed by atoms with Crippen LogP contribution in [0.15, 0.2) is 34.1 Å². The Morgan fingerprint density at radius 3 is 2.18 bits per heavy atom. The Bertz CT molecular complexity index is 729. The second-order valence-corrected chi connectivity index (χ2v) is 9.30. The molecule has 0 aliphatic carbocycles. The van der Waals surface area contributed by atoms with E-state index in [9.17, 15) is 16.8 Å². The van der Waals surface area contributed by atoms with Crippen LogP contribution in [-0.2, 0) is 20.0 Å². The van der Waals surface area contributed by atoms with Crippen LogP contribution < -0.4 is 10.5 Å². The number of nitrogens with one attached hydrogen (secondary N) is 1.